The highest BCUT2D eigenvalue weighted by Crippen LogP contribution is 2.49. The summed E-state index contributed by atoms with van der Waals surface area (Å²) in [5, 5.41) is 11.8. The fraction of sp³-hybridized carbons (Fsp3) is 0.316. The summed E-state index contributed by atoms with van der Waals surface area (Å²) >= 11 is 0. The van der Waals surface area contributed by atoms with Gasteiger partial charge in [-0.25, -0.2) is 0 Å². The molecule has 0 radical (unpaired) electrons. The highest BCUT2D eigenvalue weighted by molar-refractivity contribution is 5.81. The SMILES string of the molecule is C=CCn1cc(CC)c(=O)cc1-c1cc(OC)c(OC)c(OC)c1[N+](=O)[O-]. The van der Waals surface area contributed by atoms with E-state index in [2.05, 4.69) is 6.58 Å². The maximum absolute atomic E-state index is 12.4. The zero-order chi connectivity index (χ0) is 20.1. The summed E-state index contributed by atoms with van der Waals surface area (Å²) in [5.74, 6) is 0.291. The normalized spacial score (nSPS) is 10.4. The molecule has 0 unspecified atom stereocenters. The molecule has 0 saturated heterocycles. The topological polar surface area (TPSA) is 92.8 Å². The van der Waals surface area contributed by atoms with Gasteiger partial charge in [0.1, 0.15) is 0 Å². The van der Waals surface area contributed by atoms with Gasteiger partial charge in [-0.3, -0.25) is 14.9 Å². The number of aromatic nitrogens is 1. The van der Waals surface area contributed by atoms with Crippen LogP contribution in [0.3, 0.4) is 0 Å². The van der Waals surface area contributed by atoms with Gasteiger partial charge < -0.3 is 18.8 Å². The first kappa shape index (κ1) is 20.0. The molecule has 1 aromatic heterocycles. The van der Waals surface area contributed by atoms with Gasteiger partial charge in [0, 0.05) is 30.4 Å². The zero-order valence-corrected chi connectivity index (χ0v) is 15.8. The molecule has 2 aromatic rings. The maximum atomic E-state index is 12.4. The van der Waals surface area contributed by atoms with Crippen LogP contribution in [0.2, 0.25) is 0 Å². The minimum Gasteiger partial charge on any atom is -0.493 e. The largest absolute Gasteiger partial charge is 0.493 e. The molecule has 8 nitrogen and oxygen atoms in total. The first-order valence-corrected chi connectivity index (χ1v) is 8.25. The lowest BCUT2D eigenvalue weighted by Crippen LogP contribution is -2.15. The molecule has 0 amide bonds. The molecule has 0 N–H and O–H groups in total. The lowest BCUT2D eigenvalue weighted by molar-refractivity contribution is -0.385. The van der Waals surface area contributed by atoms with Crippen molar-refractivity contribution in [2.45, 2.75) is 19.9 Å². The van der Waals surface area contributed by atoms with Crippen LogP contribution in [0.15, 0.2) is 35.8 Å². The molecule has 2 rings (SSSR count). The Morgan fingerprint density at radius 1 is 1.19 bits per heavy atom. The molecule has 1 aromatic carbocycles. The van der Waals surface area contributed by atoms with Gasteiger partial charge in [0.15, 0.2) is 11.2 Å². The van der Waals surface area contributed by atoms with Crippen molar-refractivity contribution in [3.63, 3.8) is 0 Å². The fourth-order valence-electron chi connectivity index (χ4n) is 2.93. The van der Waals surface area contributed by atoms with Crippen LogP contribution in [0.1, 0.15) is 12.5 Å². The number of nitro benzene ring substituents is 1. The number of aryl methyl sites for hydroxylation is 1. The number of pyridine rings is 1. The summed E-state index contributed by atoms with van der Waals surface area (Å²) in [5.41, 5.74) is 0.655. The number of hydrogen-bond acceptors (Lipinski definition) is 6. The predicted octanol–water partition coefficient (Wildman–Crippen LogP) is 3.20. The number of allylic oxidation sites excluding steroid dienone is 1. The quantitative estimate of drug-likeness (QED) is 0.400. The van der Waals surface area contributed by atoms with E-state index in [-0.39, 0.29) is 33.9 Å². The molecule has 8 heteroatoms. The minimum absolute atomic E-state index is 0.0750. The Morgan fingerprint density at radius 3 is 2.33 bits per heavy atom. The van der Waals surface area contributed by atoms with Gasteiger partial charge in [-0.2, -0.15) is 0 Å². The summed E-state index contributed by atoms with van der Waals surface area (Å²) in [4.78, 5) is 23.7. The highest BCUT2D eigenvalue weighted by Gasteiger charge is 2.31. The average Bonchev–Trinajstić information content (AvgIpc) is 2.66. The average molecular weight is 374 g/mol. The minimum atomic E-state index is -0.563. The number of nitrogens with zero attached hydrogens (tertiary/aromatic N) is 2. The molecule has 0 saturated carbocycles. The van der Waals surface area contributed by atoms with Crippen LogP contribution in [0.5, 0.6) is 17.2 Å². The van der Waals surface area contributed by atoms with Gasteiger partial charge in [0.05, 0.1) is 37.5 Å². The molecule has 0 aliphatic rings. The number of hydrogen-bond donors (Lipinski definition) is 0. The lowest BCUT2D eigenvalue weighted by Gasteiger charge is -2.18. The van der Waals surface area contributed by atoms with Crippen molar-refractivity contribution in [1.29, 1.82) is 0 Å². The maximum Gasteiger partial charge on any atom is 0.324 e. The van der Waals surface area contributed by atoms with E-state index in [4.69, 9.17) is 14.2 Å². The van der Waals surface area contributed by atoms with Crippen LogP contribution in [0, 0.1) is 10.1 Å². The van der Waals surface area contributed by atoms with Crippen molar-refractivity contribution < 1.29 is 19.1 Å². The van der Waals surface area contributed by atoms with Crippen LogP contribution in [0.25, 0.3) is 11.3 Å². The van der Waals surface area contributed by atoms with Crippen LogP contribution >= 0.6 is 0 Å². The molecular weight excluding hydrogens is 352 g/mol. The lowest BCUT2D eigenvalue weighted by atomic mass is 10.0. The Bertz CT molecular complexity index is 933. The van der Waals surface area contributed by atoms with Crippen molar-refractivity contribution >= 4 is 5.69 Å². The number of rotatable bonds is 8. The van der Waals surface area contributed by atoms with E-state index >= 15 is 0 Å². The third-order valence-corrected chi connectivity index (χ3v) is 4.17. The van der Waals surface area contributed by atoms with Crippen LogP contribution in [-0.4, -0.2) is 30.8 Å². The van der Waals surface area contributed by atoms with E-state index in [9.17, 15) is 14.9 Å². The van der Waals surface area contributed by atoms with Gasteiger partial charge in [-0.05, 0) is 6.42 Å². The van der Waals surface area contributed by atoms with E-state index in [1.807, 2.05) is 6.92 Å². The van der Waals surface area contributed by atoms with E-state index in [1.165, 1.54) is 33.5 Å². The van der Waals surface area contributed by atoms with Crippen molar-refractivity contribution in [1.82, 2.24) is 4.57 Å². The Labute approximate surface area is 156 Å². The second kappa shape index (κ2) is 8.39. The molecule has 27 heavy (non-hydrogen) atoms. The fourth-order valence-corrected chi connectivity index (χ4v) is 2.93. The Balaban J connectivity index is 2.97. The number of nitro groups is 1. The van der Waals surface area contributed by atoms with Crippen molar-refractivity contribution in [3.05, 3.63) is 56.9 Å². The monoisotopic (exact) mass is 374 g/mol. The van der Waals surface area contributed by atoms with Gasteiger partial charge in [0.2, 0.25) is 11.5 Å². The van der Waals surface area contributed by atoms with E-state index < -0.39 is 4.92 Å². The standard InChI is InChI=1S/C19H22N2O6/c1-6-8-20-11-12(7-2)15(22)10-14(20)13-9-16(25-3)18(26-4)19(27-5)17(13)21(23)24/h6,9-11H,1,7-8H2,2-5H3. The second-order valence-corrected chi connectivity index (χ2v) is 5.64. The molecule has 1 heterocycles. The van der Waals surface area contributed by atoms with Crippen molar-refractivity contribution in [3.8, 4) is 28.5 Å². The van der Waals surface area contributed by atoms with Gasteiger partial charge in [0.25, 0.3) is 0 Å². The summed E-state index contributed by atoms with van der Waals surface area (Å²) in [7, 11) is 4.10. The van der Waals surface area contributed by atoms with Gasteiger partial charge in [-0.15, -0.1) is 6.58 Å². The summed E-state index contributed by atoms with van der Waals surface area (Å²) in [6.07, 6.45) is 3.89. The summed E-state index contributed by atoms with van der Waals surface area (Å²) in [6, 6.07) is 2.86. The first-order valence-electron chi connectivity index (χ1n) is 8.25. The van der Waals surface area contributed by atoms with Gasteiger partial charge >= 0.3 is 5.69 Å². The van der Waals surface area contributed by atoms with E-state index in [0.717, 1.165) is 0 Å². The molecule has 0 bridgehead atoms. The Hall–Kier alpha value is -3.29. The van der Waals surface area contributed by atoms with Crippen LogP contribution < -0.4 is 19.6 Å². The highest BCUT2D eigenvalue weighted by atomic mass is 16.6. The zero-order valence-electron chi connectivity index (χ0n) is 15.8. The first-order chi connectivity index (χ1) is 12.9. The van der Waals surface area contributed by atoms with Crippen LogP contribution in [0.4, 0.5) is 5.69 Å². The number of methoxy groups -OCH3 is 3. The van der Waals surface area contributed by atoms with E-state index in [0.29, 0.717) is 24.2 Å². The molecular formula is C19H22N2O6. The molecule has 144 valence electrons. The molecule has 0 atom stereocenters. The van der Waals surface area contributed by atoms with Crippen LogP contribution in [-0.2, 0) is 13.0 Å². The summed E-state index contributed by atoms with van der Waals surface area (Å²) < 4.78 is 17.5. The van der Waals surface area contributed by atoms with Gasteiger partial charge in [-0.1, -0.05) is 13.0 Å². The molecule has 0 aliphatic carbocycles. The van der Waals surface area contributed by atoms with Crippen molar-refractivity contribution in [2.75, 3.05) is 21.3 Å². The second-order valence-electron chi connectivity index (χ2n) is 5.64. The molecule has 0 spiro atoms. The summed E-state index contributed by atoms with van der Waals surface area (Å²) in [6.45, 7) is 5.96. The molecule has 0 aliphatic heterocycles. The third kappa shape index (κ3) is 3.64. The third-order valence-electron chi connectivity index (χ3n) is 4.17. The Kier molecular flexibility index (Phi) is 6.23. The predicted molar refractivity (Wildman–Crippen MR) is 102 cm³/mol. The number of benzene rings is 1. The Morgan fingerprint density at radius 2 is 1.85 bits per heavy atom. The van der Waals surface area contributed by atoms with Crippen molar-refractivity contribution in [2.24, 2.45) is 0 Å². The smallest absolute Gasteiger partial charge is 0.324 e. The number of ether oxygens (including phenoxy) is 3. The molecule has 0 fully saturated rings. The van der Waals surface area contributed by atoms with E-state index in [1.54, 1.807) is 16.8 Å².